The van der Waals surface area contributed by atoms with Gasteiger partial charge in [0, 0.05) is 13.6 Å². The van der Waals surface area contributed by atoms with E-state index in [2.05, 4.69) is 15.7 Å². The summed E-state index contributed by atoms with van der Waals surface area (Å²) in [6, 6.07) is 0. The SMILES string of the molecule is CCCCn1ncc(NCC(=O)NC)c(Cl)c1=O. The highest BCUT2D eigenvalue weighted by Gasteiger charge is 2.09. The molecule has 1 heterocycles. The van der Waals surface area contributed by atoms with Crippen LogP contribution in [0.25, 0.3) is 0 Å². The fourth-order valence-electron chi connectivity index (χ4n) is 1.32. The second kappa shape index (κ2) is 7.00. The lowest BCUT2D eigenvalue weighted by molar-refractivity contribution is -0.118. The van der Waals surface area contributed by atoms with Gasteiger partial charge >= 0.3 is 0 Å². The molecule has 0 atom stereocenters. The topological polar surface area (TPSA) is 76.0 Å². The molecule has 0 radical (unpaired) electrons. The highest BCUT2D eigenvalue weighted by Crippen LogP contribution is 2.14. The second-order valence-electron chi connectivity index (χ2n) is 3.78. The van der Waals surface area contributed by atoms with Crippen LogP contribution in [0.15, 0.2) is 11.0 Å². The van der Waals surface area contributed by atoms with Gasteiger partial charge in [0.25, 0.3) is 5.56 Å². The molecule has 1 aromatic rings. The fourth-order valence-corrected chi connectivity index (χ4v) is 1.53. The molecular formula is C11H17ClN4O2. The van der Waals surface area contributed by atoms with Gasteiger partial charge in [0.2, 0.25) is 5.91 Å². The summed E-state index contributed by atoms with van der Waals surface area (Å²) in [5.74, 6) is -0.193. The van der Waals surface area contributed by atoms with Crippen LogP contribution in [0.5, 0.6) is 0 Å². The number of rotatable bonds is 6. The van der Waals surface area contributed by atoms with Gasteiger partial charge < -0.3 is 10.6 Å². The Labute approximate surface area is 110 Å². The smallest absolute Gasteiger partial charge is 0.287 e. The van der Waals surface area contributed by atoms with Crippen molar-refractivity contribution in [1.29, 1.82) is 0 Å². The van der Waals surface area contributed by atoms with Crippen molar-refractivity contribution in [3.8, 4) is 0 Å². The van der Waals surface area contributed by atoms with Crippen LogP contribution in [0.4, 0.5) is 5.69 Å². The number of halogens is 1. The van der Waals surface area contributed by atoms with Gasteiger partial charge in [0.1, 0.15) is 5.02 Å². The van der Waals surface area contributed by atoms with Crippen LogP contribution >= 0.6 is 11.6 Å². The van der Waals surface area contributed by atoms with Gasteiger partial charge in [-0.15, -0.1) is 0 Å². The summed E-state index contributed by atoms with van der Waals surface area (Å²) < 4.78 is 1.33. The lowest BCUT2D eigenvalue weighted by Gasteiger charge is -2.09. The van der Waals surface area contributed by atoms with Crippen molar-refractivity contribution in [2.45, 2.75) is 26.3 Å². The summed E-state index contributed by atoms with van der Waals surface area (Å²) >= 11 is 5.94. The number of likely N-dealkylation sites (N-methyl/N-ethyl adjacent to an activating group) is 1. The fraction of sp³-hybridized carbons (Fsp3) is 0.545. The van der Waals surface area contributed by atoms with E-state index >= 15 is 0 Å². The van der Waals surface area contributed by atoms with Gasteiger partial charge in [-0.1, -0.05) is 24.9 Å². The number of unbranched alkanes of at least 4 members (excludes halogenated alkanes) is 1. The van der Waals surface area contributed by atoms with Crippen molar-refractivity contribution >= 4 is 23.2 Å². The molecule has 0 bridgehead atoms. The van der Waals surface area contributed by atoms with Crippen molar-refractivity contribution in [2.24, 2.45) is 0 Å². The Hall–Kier alpha value is -1.56. The maximum absolute atomic E-state index is 11.8. The zero-order valence-corrected chi connectivity index (χ0v) is 11.3. The molecule has 1 amide bonds. The van der Waals surface area contributed by atoms with E-state index in [-0.39, 0.29) is 23.0 Å². The van der Waals surface area contributed by atoms with Gasteiger partial charge in [0.15, 0.2) is 0 Å². The van der Waals surface area contributed by atoms with E-state index in [0.29, 0.717) is 12.2 Å². The summed E-state index contributed by atoms with van der Waals surface area (Å²) in [7, 11) is 1.53. The van der Waals surface area contributed by atoms with E-state index in [1.807, 2.05) is 6.92 Å². The molecule has 100 valence electrons. The first kappa shape index (κ1) is 14.5. The summed E-state index contributed by atoms with van der Waals surface area (Å²) in [6.45, 7) is 2.63. The molecule has 0 aliphatic heterocycles. The minimum absolute atomic E-state index is 0.0519. The normalized spacial score (nSPS) is 10.2. The lowest BCUT2D eigenvalue weighted by atomic mass is 10.3. The Bertz CT molecular complexity index is 473. The number of nitrogens with zero attached hydrogens (tertiary/aromatic N) is 2. The number of aryl methyl sites for hydroxylation is 1. The number of carbonyl (C=O) groups excluding carboxylic acids is 1. The first-order chi connectivity index (χ1) is 8.60. The molecule has 6 nitrogen and oxygen atoms in total. The molecule has 0 saturated heterocycles. The van der Waals surface area contributed by atoms with Gasteiger partial charge in [-0.25, -0.2) is 4.68 Å². The molecule has 0 unspecified atom stereocenters. The van der Waals surface area contributed by atoms with E-state index in [1.165, 1.54) is 17.9 Å². The third kappa shape index (κ3) is 3.73. The van der Waals surface area contributed by atoms with Crippen LogP contribution in [0.3, 0.4) is 0 Å². The maximum Gasteiger partial charge on any atom is 0.287 e. The Morgan fingerprint density at radius 3 is 2.89 bits per heavy atom. The van der Waals surface area contributed by atoms with Crippen LogP contribution in [0, 0.1) is 0 Å². The Balaban J connectivity index is 2.80. The van der Waals surface area contributed by atoms with Crippen LogP contribution in [0.2, 0.25) is 5.02 Å². The molecule has 0 saturated carbocycles. The standard InChI is InChI=1S/C11H17ClN4O2/c1-3-4-5-16-11(18)10(12)8(6-15-16)14-7-9(17)13-2/h6,14H,3-5,7H2,1-2H3,(H,13,17). The lowest BCUT2D eigenvalue weighted by Crippen LogP contribution is -2.28. The average molecular weight is 273 g/mol. The van der Waals surface area contributed by atoms with Crippen LogP contribution in [0.1, 0.15) is 19.8 Å². The number of amides is 1. The molecule has 0 aromatic carbocycles. The summed E-state index contributed by atoms with van der Waals surface area (Å²) in [5.41, 5.74) is 0.0324. The first-order valence-corrected chi connectivity index (χ1v) is 6.18. The number of hydrogen-bond donors (Lipinski definition) is 2. The van der Waals surface area contributed by atoms with Crippen LogP contribution in [-0.4, -0.2) is 29.3 Å². The minimum atomic E-state index is -0.341. The van der Waals surface area contributed by atoms with Crippen molar-refractivity contribution < 1.29 is 4.79 Å². The number of hydrogen-bond acceptors (Lipinski definition) is 4. The molecular weight excluding hydrogens is 256 g/mol. The van der Waals surface area contributed by atoms with Gasteiger partial charge in [0.05, 0.1) is 18.4 Å². The molecule has 1 aromatic heterocycles. The zero-order valence-electron chi connectivity index (χ0n) is 10.5. The van der Waals surface area contributed by atoms with E-state index < -0.39 is 0 Å². The molecule has 1 rings (SSSR count). The highest BCUT2D eigenvalue weighted by atomic mass is 35.5. The molecule has 7 heteroatoms. The maximum atomic E-state index is 11.8. The summed E-state index contributed by atoms with van der Waals surface area (Å²) in [5, 5.41) is 9.29. The van der Waals surface area contributed by atoms with Crippen molar-refractivity contribution in [1.82, 2.24) is 15.1 Å². The molecule has 0 fully saturated rings. The Morgan fingerprint density at radius 1 is 1.56 bits per heavy atom. The monoisotopic (exact) mass is 272 g/mol. The third-order valence-corrected chi connectivity index (χ3v) is 2.79. The molecule has 0 aliphatic rings. The third-order valence-electron chi connectivity index (χ3n) is 2.43. The van der Waals surface area contributed by atoms with E-state index in [1.54, 1.807) is 0 Å². The zero-order chi connectivity index (χ0) is 13.5. The van der Waals surface area contributed by atoms with Crippen LogP contribution in [-0.2, 0) is 11.3 Å². The molecule has 0 aliphatic carbocycles. The first-order valence-electron chi connectivity index (χ1n) is 5.80. The number of aromatic nitrogens is 2. The second-order valence-corrected chi connectivity index (χ2v) is 4.16. The number of anilines is 1. The molecule has 18 heavy (non-hydrogen) atoms. The average Bonchev–Trinajstić information content (AvgIpc) is 2.39. The van der Waals surface area contributed by atoms with Gasteiger partial charge in [-0.2, -0.15) is 5.10 Å². The van der Waals surface area contributed by atoms with Crippen molar-refractivity contribution in [3.05, 3.63) is 21.6 Å². The van der Waals surface area contributed by atoms with E-state index in [4.69, 9.17) is 11.6 Å². The predicted molar refractivity (Wildman–Crippen MR) is 71.0 cm³/mol. The number of nitrogens with one attached hydrogen (secondary N) is 2. The largest absolute Gasteiger partial charge is 0.373 e. The predicted octanol–water partition coefficient (Wildman–Crippen LogP) is 0.855. The van der Waals surface area contributed by atoms with E-state index in [9.17, 15) is 9.59 Å². The van der Waals surface area contributed by atoms with Crippen molar-refractivity contribution in [2.75, 3.05) is 18.9 Å². The molecule has 2 N–H and O–H groups in total. The summed E-state index contributed by atoms with van der Waals surface area (Å²) in [6.07, 6.45) is 3.30. The Morgan fingerprint density at radius 2 is 2.28 bits per heavy atom. The molecule has 0 spiro atoms. The Kier molecular flexibility index (Phi) is 5.64. The van der Waals surface area contributed by atoms with Gasteiger partial charge in [-0.05, 0) is 6.42 Å². The van der Waals surface area contributed by atoms with Gasteiger partial charge in [-0.3, -0.25) is 9.59 Å². The minimum Gasteiger partial charge on any atom is -0.373 e. The highest BCUT2D eigenvalue weighted by molar-refractivity contribution is 6.33. The quantitative estimate of drug-likeness (QED) is 0.805. The number of carbonyl (C=O) groups is 1. The summed E-state index contributed by atoms with van der Waals surface area (Å²) in [4.78, 5) is 22.9. The van der Waals surface area contributed by atoms with Crippen LogP contribution < -0.4 is 16.2 Å². The van der Waals surface area contributed by atoms with E-state index in [0.717, 1.165) is 12.8 Å². The van der Waals surface area contributed by atoms with Crippen molar-refractivity contribution in [3.63, 3.8) is 0 Å².